The van der Waals surface area contributed by atoms with Crippen LogP contribution in [0.5, 0.6) is 0 Å². The number of ether oxygens (including phenoxy) is 1. The number of pyridine rings is 1. The molecule has 0 radical (unpaired) electrons. The first-order valence-corrected chi connectivity index (χ1v) is 11.6. The van der Waals surface area contributed by atoms with Crippen LogP contribution < -0.4 is 5.32 Å². The van der Waals surface area contributed by atoms with E-state index >= 15 is 0 Å². The highest BCUT2D eigenvalue weighted by molar-refractivity contribution is 6.30. The Morgan fingerprint density at radius 2 is 1.49 bits per heavy atom. The molecule has 4 nitrogen and oxygen atoms in total. The monoisotopic (exact) mass is 528 g/mol. The van der Waals surface area contributed by atoms with E-state index in [2.05, 4.69) is 10.3 Å². The van der Waals surface area contributed by atoms with Crippen molar-refractivity contribution in [1.29, 1.82) is 0 Å². The van der Waals surface area contributed by atoms with Crippen molar-refractivity contribution in [1.82, 2.24) is 10.3 Å². The number of carbonyl (C=O) groups is 1. The second kappa shape index (κ2) is 11.0. The van der Waals surface area contributed by atoms with Gasteiger partial charge in [-0.25, -0.2) is 9.18 Å². The lowest BCUT2D eigenvalue weighted by atomic mass is 9.80. The van der Waals surface area contributed by atoms with Crippen LogP contribution in [0.4, 0.5) is 22.4 Å². The number of amides is 1. The summed E-state index contributed by atoms with van der Waals surface area (Å²) in [5, 5.41) is 2.98. The van der Waals surface area contributed by atoms with E-state index in [1.165, 1.54) is 18.3 Å². The molecule has 0 bridgehead atoms. The summed E-state index contributed by atoms with van der Waals surface area (Å²) in [7, 11) is 0. The predicted octanol–water partition coefficient (Wildman–Crippen LogP) is 7.31. The molecule has 1 heterocycles. The number of alkyl halides is 3. The number of aromatic nitrogens is 1. The van der Waals surface area contributed by atoms with Gasteiger partial charge >= 0.3 is 12.3 Å². The molecule has 37 heavy (non-hydrogen) atoms. The lowest BCUT2D eigenvalue weighted by molar-refractivity contribution is -0.137. The van der Waals surface area contributed by atoms with Crippen molar-refractivity contribution in [2.75, 3.05) is 0 Å². The van der Waals surface area contributed by atoms with Gasteiger partial charge in [0.2, 0.25) is 0 Å². The normalized spacial score (nSPS) is 13.0. The first-order chi connectivity index (χ1) is 17.7. The van der Waals surface area contributed by atoms with E-state index in [-0.39, 0.29) is 29.3 Å². The lowest BCUT2D eigenvalue weighted by Gasteiger charge is -2.35. The molecule has 0 unspecified atom stereocenters. The SMILES string of the molecule is O=C(N[C@](Cc1ccccc1)(c1cc(F)cc(C(F)(F)F)c1)c1ccc(Cl)cn1)OCc1ccccc1. The number of nitrogens with zero attached hydrogens (tertiary/aromatic N) is 1. The average Bonchev–Trinajstić information content (AvgIpc) is 2.88. The molecule has 0 saturated carbocycles. The number of nitrogens with one attached hydrogen (secondary N) is 1. The number of halogens is 5. The Labute approximate surface area is 215 Å². The van der Waals surface area contributed by atoms with E-state index in [4.69, 9.17) is 16.3 Å². The Morgan fingerprint density at radius 1 is 0.865 bits per heavy atom. The second-order valence-corrected chi connectivity index (χ2v) is 8.78. The molecular formula is C28H21ClF4N2O2. The van der Waals surface area contributed by atoms with Gasteiger partial charge in [0.1, 0.15) is 18.0 Å². The Bertz CT molecular complexity index is 1350. The maximum absolute atomic E-state index is 14.6. The third kappa shape index (κ3) is 6.46. The number of hydrogen-bond acceptors (Lipinski definition) is 3. The van der Waals surface area contributed by atoms with Gasteiger partial charge in [-0.2, -0.15) is 13.2 Å². The summed E-state index contributed by atoms with van der Waals surface area (Å²) in [6, 6.07) is 22.7. The quantitative estimate of drug-likeness (QED) is 0.256. The zero-order valence-corrected chi connectivity index (χ0v) is 20.1. The minimum Gasteiger partial charge on any atom is -0.445 e. The molecular weight excluding hydrogens is 508 g/mol. The molecule has 0 spiro atoms. The Balaban J connectivity index is 1.85. The molecule has 1 N–H and O–H groups in total. The number of rotatable bonds is 7. The fraction of sp³-hybridized carbons (Fsp3) is 0.143. The van der Waals surface area contributed by atoms with Gasteiger partial charge in [0, 0.05) is 12.6 Å². The average molecular weight is 529 g/mol. The Morgan fingerprint density at radius 3 is 2.08 bits per heavy atom. The van der Waals surface area contributed by atoms with E-state index in [1.807, 2.05) is 6.07 Å². The maximum atomic E-state index is 14.6. The molecule has 0 aliphatic rings. The van der Waals surface area contributed by atoms with Crippen molar-refractivity contribution >= 4 is 17.7 Å². The minimum absolute atomic E-state index is 0.0519. The van der Waals surface area contributed by atoms with Gasteiger partial charge in [0.15, 0.2) is 0 Å². The van der Waals surface area contributed by atoms with Gasteiger partial charge in [-0.1, -0.05) is 72.3 Å². The molecule has 0 aliphatic carbocycles. The van der Waals surface area contributed by atoms with Crippen LogP contribution in [0.15, 0.2) is 97.2 Å². The van der Waals surface area contributed by atoms with Gasteiger partial charge < -0.3 is 10.1 Å². The zero-order valence-electron chi connectivity index (χ0n) is 19.3. The van der Waals surface area contributed by atoms with Gasteiger partial charge in [-0.3, -0.25) is 4.98 Å². The smallest absolute Gasteiger partial charge is 0.416 e. The zero-order chi connectivity index (χ0) is 26.5. The highest BCUT2D eigenvalue weighted by Gasteiger charge is 2.41. The summed E-state index contributed by atoms with van der Waals surface area (Å²) in [4.78, 5) is 17.4. The minimum atomic E-state index is -4.82. The van der Waals surface area contributed by atoms with Crippen molar-refractivity contribution in [3.63, 3.8) is 0 Å². The molecule has 4 aromatic rings. The van der Waals surface area contributed by atoms with E-state index in [1.54, 1.807) is 54.6 Å². The number of benzene rings is 3. The van der Waals surface area contributed by atoms with Crippen molar-refractivity contribution in [3.8, 4) is 0 Å². The first-order valence-electron chi connectivity index (χ1n) is 11.2. The highest BCUT2D eigenvalue weighted by atomic mass is 35.5. The molecule has 1 amide bonds. The van der Waals surface area contributed by atoms with Gasteiger partial charge in [0.25, 0.3) is 0 Å². The second-order valence-electron chi connectivity index (χ2n) is 8.34. The van der Waals surface area contributed by atoms with Crippen LogP contribution in [-0.2, 0) is 29.5 Å². The molecule has 0 saturated heterocycles. The molecule has 1 aromatic heterocycles. The standard InChI is InChI=1S/C28H21ClF4N2O2/c29-23-11-12-25(34-17-23)27(16-19-7-3-1-4-8-19,21-13-22(28(31,32)33)15-24(30)14-21)35-26(36)37-18-20-9-5-2-6-10-20/h1-15,17H,16,18H2,(H,35,36)/t27-/m1/s1. The van der Waals surface area contributed by atoms with Crippen LogP contribution in [0.1, 0.15) is 27.9 Å². The van der Waals surface area contributed by atoms with Crippen molar-refractivity contribution < 1.29 is 27.1 Å². The van der Waals surface area contributed by atoms with Crippen LogP contribution in [-0.4, -0.2) is 11.1 Å². The van der Waals surface area contributed by atoms with E-state index < -0.39 is 29.2 Å². The van der Waals surface area contributed by atoms with Crippen LogP contribution in [0.25, 0.3) is 0 Å². The van der Waals surface area contributed by atoms with Gasteiger partial charge in [0.05, 0.1) is 16.3 Å². The largest absolute Gasteiger partial charge is 0.445 e. The predicted molar refractivity (Wildman–Crippen MR) is 131 cm³/mol. The molecule has 1 atom stereocenters. The number of alkyl carbamates (subject to hydrolysis) is 1. The molecule has 9 heteroatoms. The summed E-state index contributed by atoms with van der Waals surface area (Å²) in [5.74, 6) is -1.12. The van der Waals surface area contributed by atoms with Crippen LogP contribution in [0, 0.1) is 5.82 Å². The summed E-state index contributed by atoms with van der Waals surface area (Å²) < 4.78 is 61.1. The first kappa shape index (κ1) is 26.2. The van der Waals surface area contributed by atoms with E-state index in [0.717, 1.165) is 12.1 Å². The summed E-state index contributed by atoms with van der Waals surface area (Å²) in [6.07, 6.45) is -4.49. The summed E-state index contributed by atoms with van der Waals surface area (Å²) >= 11 is 6.02. The number of hydrogen-bond donors (Lipinski definition) is 1. The Kier molecular flexibility index (Phi) is 7.78. The van der Waals surface area contributed by atoms with E-state index in [0.29, 0.717) is 17.2 Å². The van der Waals surface area contributed by atoms with Crippen LogP contribution in [0.2, 0.25) is 5.02 Å². The molecule has 0 aliphatic heterocycles. The summed E-state index contributed by atoms with van der Waals surface area (Å²) in [6.45, 7) is -0.0842. The number of carbonyl (C=O) groups excluding carboxylic acids is 1. The third-order valence-electron chi connectivity index (χ3n) is 5.72. The van der Waals surface area contributed by atoms with Crippen molar-refractivity contribution in [2.24, 2.45) is 0 Å². The Hall–Kier alpha value is -3.91. The fourth-order valence-electron chi connectivity index (χ4n) is 3.98. The van der Waals surface area contributed by atoms with E-state index in [9.17, 15) is 22.4 Å². The highest BCUT2D eigenvalue weighted by Crippen LogP contribution is 2.38. The molecule has 4 rings (SSSR count). The van der Waals surface area contributed by atoms with Crippen molar-refractivity contribution in [3.05, 3.63) is 136 Å². The van der Waals surface area contributed by atoms with Crippen LogP contribution in [0.3, 0.4) is 0 Å². The van der Waals surface area contributed by atoms with Gasteiger partial charge in [-0.05, 0) is 47.0 Å². The topological polar surface area (TPSA) is 51.2 Å². The third-order valence-corrected chi connectivity index (χ3v) is 5.95. The van der Waals surface area contributed by atoms with Gasteiger partial charge in [-0.15, -0.1) is 0 Å². The van der Waals surface area contributed by atoms with Crippen molar-refractivity contribution in [2.45, 2.75) is 24.7 Å². The van der Waals surface area contributed by atoms with Crippen LogP contribution >= 0.6 is 11.6 Å². The molecule has 190 valence electrons. The lowest BCUT2D eigenvalue weighted by Crippen LogP contribution is -2.49. The maximum Gasteiger partial charge on any atom is 0.416 e. The molecule has 0 fully saturated rings. The fourth-order valence-corrected chi connectivity index (χ4v) is 4.10. The summed E-state index contributed by atoms with van der Waals surface area (Å²) in [5.41, 5.74) is -1.58. The molecule has 3 aromatic carbocycles.